The van der Waals surface area contributed by atoms with E-state index in [-0.39, 0.29) is 3.42 Å². The topological polar surface area (TPSA) is 0 Å². The molecule has 0 spiro atoms. The minimum Gasteiger partial charge on any atom is -0.0743 e. The molecule has 0 atom stereocenters. The fourth-order valence-electron chi connectivity index (χ4n) is 1.79. The summed E-state index contributed by atoms with van der Waals surface area (Å²) in [6, 6.07) is 8.90. The fraction of sp³-hybridized carbons (Fsp3) is 0.500. The Balaban J connectivity index is 2.43. The molecule has 0 aliphatic heterocycles. The molecule has 1 aliphatic rings. The molecule has 0 bridgehead atoms. The van der Waals surface area contributed by atoms with Gasteiger partial charge in [-0.3, -0.25) is 0 Å². The largest absolute Gasteiger partial charge is 0.0743 e. The standard InChI is InChI=1S/C12H15I/c1-12(2,13)11-6-4-3-5-10(11)9-7-8-9/h3-6,9H,7-8H2,1-2H3. The predicted octanol–water partition coefficient (Wildman–Crippen LogP) is 4.23. The first-order valence-corrected chi connectivity index (χ1v) is 5.95. The van der Waals surface area contributed by atoms with Crippen LogP contribution in [0.3, 0.4) is 0 Å². The third-order valence-electron chi connectivity index (χ3n) is 2.62. The Morgan fingerprint density at radius 3 is 2.38 bits per heavy atom. The zero-order valence-electron chi connectivity index (χ0n) is 8.18. The molecule has 1 aromatic carbocycles. The van der Waals surface area contributed by atoms with Crippen LogP contribution in [0.2, 0.25) is 0 Å². The summed E-state index contributed by atoms with van der Waals surface area (Å²) in [7, 11) is 0. The molecular weight excluding hydrogens is 271 g/mol. The van der Waals surface area contributed by atoms with Crippen LogP contribution in [-0.4, -0.2) is 0 Å². The Labute approximate surface area is 93.9 Å². The second-order valence-corrected chi connectivity index (χ2v) is 7.03. The maximum absolute atomic E-state index is 2.53. The van der Waals surface area contributed by atoms with Gasteiger partial charge < -0.3 is 0 Å². The van der Waals surface area contributed by atoms with Crippen molar-refractivity contribution in [1.82, 2.24) is 0 Å². The molecule has 70 valence electrons. The number of hydrogen-bond acceptors (Lipinski definition) is 0. The molecule has 0 heterocycles. The van der Waals surface area contributed by atoms with Gasteiger partial charge in [-0.1, -0.05) is 46.9 Å². The van der Waals surface area contributed by atoms with E-state index in [0.717, 1.165) is 5.92 Å². The molecule has 1 fully saturated rings. The molecule has 1 aliphatic carbocycles. The molecule has 0 N–H and O–H groups in total. The lowest BCUT2D eigenvalue weighted by Gasteiger charge is -2.20. The highest BCUT2D eigenvalue weighted by Crippen LogP contribution is 2.45. The van der Waals surface area contributed by atoms with Crippen molar-refractivity contribution in [1.29, 1.82) is 0 Å². The Kier molecular flexibility index (Phi) is 2.39. The highest BCUT2D eigenvalue weighted by Gasteiger charge is 2.29. The summed E-state index contributed by atoms with van der Waals surface area (Å²) < 4.78 is 0.275. The predicted molar refractivity (Wildman–Crippen MR) is 65.5 cm³/mol. The van der Waals surface area contributed by atoms with E-state index in [1.54, 1.807) is 5.56 Å². The van der Waals surface area contributed by atoms with Crippen molar-refractivity contribution < 1.29 is 0 Å². The third-order valence-corrected chi connectivity index (χ3v) is 3.20. The Morgan fingerprint density at radius 2 is 1.85 bits per heavy atom. The van der Waals surface area contributed by atoms with Crippen molar-refractivity contribution in [3.05, 3.63) is 35.4 Å². The average Bonchev–Trinajstić information content (AvgIpc) is 2.85. The normalized spacial score (nSPS) is 17.5. The summed E-state index contributed by atoms with van der Waals surface area (Å²) in [6.07, 6.45) is 2.79. The molecule has 0 aromatic heterocycles. The van der Waals surface area contributed by atoms with Crippen LogP contribution in [0.1, 0.15) is 43.7 Å². The van der Waals surface area contributed by atoms with E-state index < -0.39 is 0 Å². The summed E-state index contributed by atoms with van der Waals surface area (Å²) in [5, 5.41) is 0. The van der Waals surface area contributed by atoms with Gasteiger partial charge in [-0.25, -0.2) is 0 Å². The lowest BCUT2D eigenvalue weighted by atomic mass is 9.94. The van der Waals surface area contributed by atoms with Crippen LogP contribution < -0.4 is 0 Å². The van der Waals surface area contributed by atoms with Gasteiger partial charge in [-0.2, -0.15) is 0 Å². The van der Waals surface area contributed by atoms with Gasteiger partial charge >= 0.3 is 0 Å². The molecule has 1 aromatic rings. The van der Waals surface area contributed by atoms with Crippen molar-refractivity contribution in [2.45, 2.75) is 36.0 Å². The fourth-order valence-corrected chi connectivity index (χ4v) is 2.28. The molecule has 0 nitrogen and oxygen atoms in total. The van der Waals surface area contributed by atoms with Crippen molar-refractivity contribution in [2.24, 2.45) is 0 Å². The molecule has 0 amide bonds. The van der Waals surface area contributed by atoms with Crippen molar-refractivity contribution in [2.75, 3.05) is 0 Å². The van der Waals surface area contributed by atoms with E-state index in [2.05, 4.69) is 60.7 Å². The number of hydrogen-bond donors (Lipinski definition) is 0. The minimum absolute atomic E-state index is 0.275. The number of rotatable bonds is 2. The van der Waals surface area contributed by atoms with E-state index in [1.807, 2.05) is 0 Å². The van der Waals surface area contributed by atoms with Crippen LogP contribution in [0.4, 0.5) is 0 Å². The van der Waals surface area contributed by atoms with Crippen molar-refractivity contribution in [3.8, 4) is 0 Å². The van der Waals surface area contributed by atoms with E-state index in [1.165, 1.54) is 18.4 Å². The van der Waals surface area contributed by atoms with Gasteiger partial charge in [0.05, 0.1) is 0 Å². The van der Waals surface area contributed by atoms with Gasteiger partial charge in [0.15, 0.2) is 0 Å². The Hall–Kier alpha value is -0.0500. The SMILES string of the molecule is CC(C)(I)c1ccccc1C1CC1. The van der Waals surface area contributed by atoms with Gasteiger partial charge in [-0.15, -0.1) is 0 Å². The summed E-state index contributed by atoms with van der Waals surface area (Å²) in [6.45, 7) is 4.57. The molecular formula is C12H15I. The number of benzene rings is 1. The van der Waals surface area contributed by atoms with Crippen molar-refractivity contribution >= 4 is 22.6 Å². The van der Waals surface area contributed by atoms with E-state index in [4.69, 9.17) is 0 Å². The molecule has 0 saturated heterocycles. The first-order chi connectivity index (χ1) is 6.09. The highest BCUT2D eigenvalue weighted by atomic mass is 127. The summed E-state index contributed by atoms with van der Waals surface area (Å²) >= 11 is 2.53. The van der Waals surface area contributed by atoms with Gasteiger partial charge in [0, 0.05) is 3.42 Å². The van der Waals surface area contributed by atoms with E-state index in [0.29, 0.717) is 0 Å². The first-order valence-electron chi connectivity index (χ1n) is 4.87. The second kappa shape index (κ2) is 3.26. The smallest absolute Gasteiger partial charge is 0.0417 e. The number of alkyl halides is 1. The molecule has 1 saturated carbocycles. The average molecular weight is 286 g/mol. The third kappa shape index (κ3) is 2.06. The monoisotopic (exact) mass is 286 g/mol. The molecule has 13 heavy (non-hydrogen) atoms. The van der Waals surface area contributed by atoms with Crippen LogP contribution in [0, 0.1) is 0 Å². The lowest BCUT2D eigenvalue weighted by Crippen LogP contribution is -2.09. The lowest BCUT2D eigenvalue weighted by molar-refractivity contribution is 0.806. The zero-order valence-corrected chi connectivity index (χ0v) is 10.3. The van der Waals surface area contributed by atoms with Crippen molar-refractivity contribution in [3.63, 3.8) is 0 Å². The van der Waals surface area contributed by atoms with Gasteiger partial charge in [0.1, 0.15) is 0 Å². The van der Waals surface area contributed by atoms with Crippen LogP contribution >= 0.6 is 22.6 Å². The van der Waals surface area contributed by atoms with Crippen LogP contribution in [0.15, 0.2) is 24.3 Å². The van der Waals surface area contributed by atoms with Gasteiger partial charge in [-0.05, 0) is 43.7 Å². The zero-order chi connectivity index (χ0) is 9.47. The quantitative estimate of drug-likeness (QED) is 0.563. The van der Waals surface area contributed by atoms with Gasteiger partial charge in [0.25, 0.3) is 0 Å². The summed E-state index contributed by atoms with van der Waals surface area (Å²) in [4.78, 5) is 0. The van der Waals surface area contributed by atoms with Crippen LogP contribution in [0.5, 0.6) is 0 Å². The molecule has 0 radical (unpaired) electrons. The molecule has 0 unspecified atom stereocenters. The maximum atomic E-state index is 2.53. The van der Waals surface area contributed by atoms with Crippen LogP contribution in [0.25, 0.3) is 0 Å². The summed E-state index contributed by atoms with van der Waals surface area (Å²) in [5.41, 5.74) is 3.11. The summed E-state index contributed by atoms with van der Waals surface area (Å²) in [5.74, 6) is 0.866. The highest BCUT2D eigenvalue weighted by molar-refractivity contribution is 14.1. The van der Waals surface area contributed by atoms with Crippen LogP contribution in [-0.2, 0) is 3.42 Å². The number of halogens is 1. The van der Waals surface area contributed by atoms with E-state index >= 15 is 0 Å². The minimum atomic E-state index is 0.275. The maximum Gasteiger partial charge on any atom is 0.0417 e. The molecule has 2 rings (SSSR count). The second-order valence-electron chi connectivity index (χ2n) is 4.33. The Morgan fingerprint density at radius 1 is 1.23 bits per heavy atom. The molecule has 1 heteroatoms. The van der Waals surface area contributed by atoms with Gasteiger partial charge in [0.2, 0.25) is 0 Å². The Bertz CT molecular complexity index is 305. The van der Waals surface area contributed by atoms with E-state index in [9.17, 15) is 0 Å². The first kappa shape index (κ1) is 9.50.